The number of pyridine rings is 1. The Balaban J connectivity index is 1.17. The van der Waals surface area contributed by atoms with Gasteiger partial charge in [-0.25, -0.2) is 0 Å². The molecule has 4 N–H and O–H groups in total. The summed E-state index contributed by atoms with van der Waals surface area (Å²) in [4.78, 5) is 9.35. The summed E-state index contributed by atoms with van der Waals surface area (Å²) in [5.74, 6) is 0. The molecular formula is C41H43N3O4. The number of aliphatic hydroxyl groups is 4. The average Bonchev–Trinajstić information content (AvgIpc) is 3.70. The van der Waals surface area contributed by atoms with Crippen molar-refractivity contribution >= 4 is 0 Å². The third-order valence-electron chi connectivity index (χ3n) is 10.2. The van der Waals surface area contributed by atoms with Crippen LogP contribution < -0.4 is 0 Å². The summed E-state index contributed by atoms with van der Waals surface area (Å²) in [6, 6.07) is 44.0. The molecule has 4 aromatic carbocycles. The Morgan fingerprint density at radius 3 is 1.10 bits per heavy atom. The molecule has 3 heterocycles. The molecule has 2 saturated heterocycles. The number of rotatable bonds is 10. The van der Waals surface area contributed by atoms with Crippen LogP contribution in [0.5, 0.6) is 0 Å². The molecular weight excluding hydrogens is 598 g/mol. The zero-order valence-electron chi connectivity index (χ0n) is 27.0. The lowest BCUT2D eigenvalue weighted by Gasteiger charge is -2.40. The van der Waals surface area contributed by atoms with Crippen LogP contribution in [0.3, 0.4) is 0 Å². The van der Waals surface area contributed by atoms with Crippen molar-refractivity contribution in [1.29, 1.82) is 0 Å². The molecule has 2 aliphatic rings. The number of likely N-dealkylation sites (tertiary alicyclic amines) is 2. The molecule has 0 amide bonds. The zero-order chi connectivity index (χ0) is 33.1. The highest BCUT2D eigenvalue weighted by Crippen LogP contribution is 2.42. The van der Waals surface area contributed by atoms with E-state index in [1.54, 1.807) is 0 Å². The lowest BCUT2D eigenvalue weighted by molar-refractivity contribution is -0.00793. The molecule has 7 heteroatoms. The number of aliphatic hydroxyl groups excluding tert-OH is 2. The quantitative estimate of drug-likeness (QED) is 0.174. The van der Waals surface area contributed by atoms with Gasteiger partial charge in [0, 0.05) is 38.3 Å². The molecule has 2 fully saturated rings. The van der Waals surface area contributed by atoms with Gasteiger partial charge in [0.2, 0.25) is 0 Å². The van der Waals surface area contributed by atoms with Gasteiger partial charge in [-0.05, 0) is 47.2 Å². The maximum atomic E-state index is 12.6. The fourth-order valence-electron chi connectivity index (χ4n) is 7.97. The number of benzene rings is 4. The fraction of sp³-hybridized carbons (Fsp3) is 0.293. The van der Waals surface area contributed by atoms with Crippen LogP contribution in [0.15, 0.2) is 140 Å². The van der Waals surface area contributed by atoms with Crippen LogP contribution in [-0.2, 0) is 24.3 Å². The Morgan fingerprint density at radius 2 is 0.792 bits per heavy atom. The minimum Gasteiger partial charge on any atom is -0.392 e. The highest BCUT2D eigenvalue weighted by Gasteiger charge is 2.49. The van der Waals surface area contributed by atoms with E-state index in [9.17, 15) is 20.4 Å². The lowest BCUT2D eigenvalue weighted by atomic mass is 9.79. The van der Waals surface area contributed by atoms with Gasteiger partial charge in [0.05, 0.1) is 23.6 Å². The third kappa shape index (κ3) is 6.21. The van der Waals surface area contributed by atoms with Crippen molar-refractivity contribution in [3.05, 3.63) is 173 Å². The Kier molecular flexibility index (Phi) is 9.25. The molecule has 7 nitrogen and oxygen atoms in total. The molecule has 246 valence electrons. The van der Waals surface area contributed by atoms with Gasteiger partial charge in [0.1, 0.15) is 11.2 Å². The van der Waals surface area contributed by atoms with E-state index in [-0.39, 0.29) is 12.1 Å². The van der Waals surface area contributed by atoms with Crippen molar-refractivity contribution in [2.24, 2.45) is 0 Å². The SMILES string of the molecule is OC1CC(C(O)(c2ccccc2)c2ccccc2)N(Cc2cccc(CN3CC(O)CC3C(O)(c3ccccc3)c3ccccc3)n2)C1. The molecule has 7 rings (SSSR count). The van der Waals surface area contributed by atoms with E-state index in [1.807, 2.05) is 140 Å². The van der Waals surface area contributed by atoms with Gasteiger partial charge in [0.15, 0.2) is 0 Å². The molecule has 1 aromatic heterocycles. The van der Waals surface area contributed by atoms with Crippen molar-refractivity contribution in [3.63, 3.8) is 0 Å². The van der Waals surface area contributed by atoms with Crippen LogP contribution in [0.1, 0.15) is 46.5 Å². The van der Waals surface area contributed by atoms with Crippen molar-refractivity contribution < 1.29 is 20.4 Å². The molecule has 4 unspecified atom stereocenters. The first-order valence-electron chi connectivity index (χ1n) is 16.8. The Hall–Kier alpha value is -4.21. The minimum absolute atomic E-state index is 0.382. The van der Waals surface area contributed by atoms with Gasteiger partial charge < -0.3 is 20.4 Å². The summed E-state index contributed by atoms with van der Waals surface area (Å²) in [7, 11) is 0. The monoisotopic (exact) mass is 641 g/mol. The van der Waals surface area contributed by atoms with E-state index in [0.717, 1.165) is 33.6 Å². The second-order valence-corrected chi connectivity index (χ2v) is 13.3. The lowest BCUT2D eigenvalue weighted by Crippen LogP contribution is -2.48. The first kappa shape index (κ1) is 32.3. The first-order chi connectivity index (χ1) is 23.4. The van der Waals surface area contributed by atoms with Crippen molar-refractivity contribution in [2.75, 3.05) is 13.1 Å². The largest absolute Gasteiger partial charge is 0.392 e. The molecule has 0 bridgehead atoms. The van der Waals surface area contributed by atoms with Crippen LogP contribution in [0.2, 0.25) is 0 Å². The topological polar surface area (TPSA) is 100 Å². The van der Waals surface area contributed by atoms with E-state index < -0.39 is 23.4 Å². The Labute approximate surface area is 282 Å². The van der Waals surface area contributed by atoms with E-state index >= 15 is 0 Å². The highest BCUT2D eigenvalue weighted by molar-refractivity contribution is 5.40. The molecule has 0 saturated carbocycles. The van der Waals surface area contributed by atoms with Gasteiger partial charge in [-0.1, -0.05) is 127 Å². The summed E-state index contributed by atoms with van der Waals surface area (Å²) < 4.78 is 0. The molecule has 48 heavy (non-hydrogen) atoms. The van der Waals surface area contributed by atoms with Crippen LogP contribution >= 0.6 is 0 Å². The van der Waals surface area contributed by atoms with Crippen LogP contribution in [0, 0.1) is 0 Å². The number of hydrogen-bond donors (Lipinski definition) is 4. The molecule has 0 aliphatic carbocycles. The standard InChI is InChI=1S/C41H43N3O4/c45-36-24-38(40(47,30-14-5-1-6-15-30)31-16-7-2-8-17-31)43(28-36)26-34-22-13-23-35(42-34)27-44-29-37(46)25-39(44)41(48,32-18-9-3-10-19-32)33-20-11-4-12-21-33/h1-23,36-39,45-48H,24-29H2. The Bertz CT molecular complexity index is 1570. The number of β-amino-alcohol motifs (C(OH)–C–C–N with tert-alkyl or cyclic N) is 2. The van der Waals surface area contributed by atoms with Crippen molar-refractivity contribution in [2.45, 2.75) is 61.4 Å². The number of hydrogen-bond acceptors (Lipinski definition) is 7. The number of aromatic nitrogens is 1. The first-order valence-corrected chi connectivity index (χ1v) is 16.8. The number of nitrogens with zero attached hydrogens (tertiary/aromatic N) is 3. The van der Waals surface area contributed by atoms with Crippen molar-refractivity contribution in [3.8, 4) is 0 Å². The van der Waals surface area contributed by atoms with Crippen LogP contribution in [0.4, 0.5) is 0 Å². The van der Waals surface area contributed by atoms with E-state index in [2.05, 4.69) is 9.80 Å². The van der Waals surface area contributed by atoms with E-state index in [1.165, 1.54) is 0 Å². The smallest absolute Gasteiger partial charge is 0.130 e. The average molecular weight is 642 g/mol. The fourth-order valence-corrected chi connectivity index (χ4v) is 7.97. The van der Waals surface area contributed by atoms with Crippen LogP contribution in [-0.4, -0.2) is 72.6 Å². The predicted molar refractivity (Wildman–Crippen MR) is 186 cm³/mol. The van der Waals surface area contributed by atoms with E-state index in [0.29, 0.717) is 39.0 Å². The minimum atomic E-state index is -1.34. The summed E-state index contributed by atoms with van der Waals surface area (Å²) in [5.41, 5.74) is 2.11. The van der Waals surface area contributed by atoms with Gasteiger partial charge >= 0.3 is 0 Å². The molecule has 4 atom stereocenters. The van der Waals surface area contributed by atoms with Crippen molar-refractivity contribution in [1.82, 2.24) is 14.8 Å². The van der Waals surface area contributed by atoms with Crippen LogP contribution in [0.25, 0.3) is 0 Å². The van der Waals surface area contributed by atoms with Gasteiger partial charge in [0.25, 0.3) is 0 Å². The highest BCUT2D eigenvalue weighted by atomic mass is 16.3. The summed E-state index contributed by atoms with van der Waals surface area (Å²) in [5, 5.41) is 47.0. The second kappa shape index (κ2) is 13.7. The molecule has 0 spiro atoms. The van der Waals surface area contributed by atoms with Gasteiger partial charge in [-0.15, -0.1) is 0 Å². The molecule has 5 aromatic rings. The van der Waals surface area contributed by atoms with Gasteiger partial charge in [-0.2, -0.15) is 0 Å². The molecule has 0 radical (unpaired) electrons. The Morgan fingerprint density at radius 1 is 0.479 bits per heavy atom. The predicted octanol–water partition coefficient (Wildman–Crippen LogP) is 4.82. The summed E-state index contributed by atoms with van der Waals surface area (Å²) in [6.45, 7) is 1.73. The normalized spacial score (nSPS) is 22.2. The summed E-state index contributed by atoms with van der Waals surface area (Å²) >= 11 is 0. The zero-order valence-corrected chi connectivity index (χ0v) is 27.0. The second-order valence-electron chi connectivity index (χ2n) is 13.3. The maximum absolute atomic E-state index is 12.6. The van der Waals surface area contributed by atoms with Gasteiger partial charge in [-0.3, -0.25) is 14.8 Å². The summed E-state index contributed by atoms with van der Waals surface area (Å²) in [6.07, 6.45) is -0.328. The third-order valence-corrected chi connectivity index (χ3v) is 10.2. The molecule has 2 aliphatic heterocycles. The van der Waals surface area contributed by atoms with E-state index in [4.69, 9.17) is 4.98 Å². The maximum Gasteiger partial charge on any atom is 0.130 e.